The molecule has 0 unspecified atom stereocenters. The number of rotatable bonds is 4. The number of likely N-dealkylation sites (tertiary alicyclic amines) is 1. The molecular weight excluding hydrogens is 370 g/mol. The molecule has 1 saturated heterocycles. The molecule has 3 heterocycles. The van der Waals surface area contributed by atoms with E-state index in [-0.39, 0.29) is 6.03 Å². The number of benzene rings is 1. The van der Waals surface area contributed by atoms with Crippen LogP contribution in [0.15, 0.2) is 36.9 Å². The summed E-state index contributed by atoms with van der Waals surface area (Å²) in [4.78, 5) is 30.1. The Morgan fingerprint density at radius 1 is 1.21 bits per heavy atom. The maximum absolute atomic E-state index is 13.3. The molecule has 1 aliphatic heterocycles. The molecule has 1 spiro atoms. The number of nitrogens with zero attached hydrogens (tertiary/aromatic N) is 5. The summed E-state index contributed by atoms with van der Waals surface area (Å²) in [5.41, 5.74) is 3.54. The fourth-order valence-corrected chi connectivity index (χ4v) is 5.19. The average molecular weight is 394 g/mol. The number of aromatic nitrogens is 3. The Labute approximate surface area is 168 Å². The zero-order valence-corrected chi connectivity index (χ0v) is 16.8. The van der Waals surface area contributed by atoms with E-state index in [0.29, 0.717) is 12.0 Å². The summed E-state index contributed by atoms with van der Waals surface area (Å²) in [6, 6.07) is 6.38. The number of hydrogen-bond donors (Lipinski definition) is 0. The van der Waals surface area contributed by atoms with Gasteiger partial charge in [-0.3, -0.25) is 4.90 Å². The minimum absolute atomic E-state index is 0.0381. The Bertz CT molecular complexity index is 1010. The van der Waals surface area contributed by atoms with Crippen LogP contribution < -0.4 is 4.90 Å². The number of amides is 2. The Hall–Kier alpha value is -2.54. The molecule has 2 aliphatic rings. The monoisotopic (exact) mass is 393 g/mol. The van der Waals surface area contributed by atoms with Crippen LogP contribution in [-0.4, -0.2) is 39.0 Å². The standard InChI is InChI=1S/C21H23N5OS/c1-2-15-4-5-17-18(8-15)28-19(24-17)26(11-16-9-22-14-23-10-16)20(27)25-12-21(13-25)6-3-7-21/h4-5,8-10,14H,2-3,6-7,11-13H2,1H3. The molecule has 6 nitrogen and oxygen atoms in total. The molecule has 2 amide bonds. The zero-order valence-electron chi connectivity index (χ0n) is 16.0. The smallest absolute Gasteiger partial charge is 0.323 e. The molecule has 1 saturated carbocycles. The van der Waals surface area contributed by atoms with Crippen LogP contribution in [-0.2, 0) is 13.0 Å². The van der Waals surface area contributed by atoms with Gasteiger partial charge in [-0.1, -0.05) is 30.7 Å². The van der Waals surface area contributed by atoms with Crippen LogP contribution in [0.1, 0.15) is 37.3 Å². The first-order valence-corrected chi connectivity index (χ1v) is 10.7. The first kappa shape index (κ1) is 17.6. The first-order chi connectivity index (χ1) is 13.7. The number of hydrogen-bond acceptors (Lipinski definition) is 5. The highest BCUT2D eigenvalue weighted by Crippen LogP contribution is 2.48. The van der Waals surface area contributed by atoms with Crippen molar-refractivity contribution < 1.29 is 4.79 Å². The van der Waals surface area contributed by atoms with E-state index in [9.17, 15) is 4.79 Å². The van der Waals surface area contributed by atoms with E-state index < -0.39 is 0 Å². The lowest BCUT2D eigenvalue weighted by molar-refractivity contribution is -0.0307. The highest BCUT2D eigenvalue weighted by Gasteiger charge is 2.50. The van der Waals surface area contributed by atoms with Gasteiger partial charge in [0.15, 0.2) is 5.13 Å². The van der Waals surface area contributed by atoms with Crippen molar-refractivity contribution in [2.45, 2.75) is 39.2 Å². The summed E-state index contributed by atoms with van der Waals surface area (Å²) in [6.07, 6.45) is 9.83. The van der Waals surface area contributed by atoms with E-state index in [1.807, 2.05) is 4.90 Å². The van der Waals surface area contributed by atoms with E-state index in [4.69, 9.17) is 4.98 Å². The van der Waals surface area contributed by atoms with Crippen LogP contribution in [0.25, 0.3) is 10.2 Å². The van der Waals surface area contributed by atoms with Crippen LogP contribution >= 0.6 is 11.3 Å². The highest BCUT2D eigenvalue weighted by molar-refractivity contribution is 7.22. The number of aryl methyl sites for hydroxylation is 1. The number of fused-ring (bicyclic) bond motifs is 1. The fraction of sp³-hybridized carbons (Fsp3) is 0.429. The van der Waals surface area contributed by atoms with Crippen LogP contribution in [0, 0.1) is 5.41 Å². The molecular formula is C21H23N5OS. The Kier molecular flexibility index (Phi) is 4.27. The van der Waals surface area contributed by atoms with Gasteiger partial charge in [0, 0.05) is 36.5 Å². The number of carbonyl (C=O) groups excluding carboxylic acids is 1. The van der Waals surface area contributed by atoms with Crippen LogP contribution in [0.4, 0.5) is 9.93 Å². The van der Waals surface area contributed by atoms with Crippen LogP contribution in [0.3, 0.4) is 0 Å². The average Bonchev–Trinajstić information content (AvgIpc) is 3.07. The lowest BCUT2D eigenvalue weighted by Gasteiger charge is -2.56. The second-order valence-corrected chi connectivity index (χ2v) is 8.99. The molecule has 2 fully saturated rings. The quantitative estimate of drug-likeness (QED) is 0.664. The fourth-order valence-electron chi connectivity index (χ4n) is 4.17. The minimum atomic E-state index is 0.0381. The molecule has 28 heavy (non-hydrogen) atoms. The van der Waals surface area contributed by atoms with Gasteiger partial charge in [-0.2, -0.15) is 0 Å². The third-order valence-corrected chi connectivity index (χ3v) is 7.04. The van der Waals surface area contributed by atoms with Gasteiger partial charge in [0.2, 0.25) is 0 Å². The third kappa shape index (κ3) is 3.03. The Morgan fingerprint density at radius 2 is 2.00 bits per heavy atom. The topological polar surface area (TPSA) is 62.2 Å². The van der Waals surface area contributed by atoms with Gasteiger partial charge in [0.25, 0.3) is 0 Å². The molecule has 144 valence electrons. The van der Waals surface area contributed by atoms with Crippen molar-refractivity contribution in [1.29, 1.82) is 0 Å². The van der Waals surface area contributed by atoms with Gasteiger partial charge in [0.1, 0.15) is 6.33 Å². The normalized spacial score (nSPS) is 17.4. The number of anilines is 1. The summed E-state index contributed by atoms with van der Waals surface area (Å²) in [5.74, 6) is 0. The van der Waals surface area contributed by atoms with Crippen molar-refractivity contribution in [3.05, 3.63) is 48.0 Å². The van der Waals surface area contributed by atoms with Crippen LogP contribution in [0.5, 0.6) is 0 Å². The molecule has 0 atom stereocenters. The summed E-state index contributed by atoms with van der Waals surface area (Å²) >= 11 is 1.58. The summed E-state index contributed by atoms with van der Waals surface area (Å²) in [6.45, 7) is 4.33. The van der Waals surface area contributed by atoms with E-state index in [1.54, 1.807) is 28.6 Å². The second-order valence-electron chi connectivity index (χ2n) is 7.98. The summed E-state index contributed by atoms with van der Waals surface area (Å²) in [5, 5.41) is 0.742. The molecule has 0 N–H and O–H groups in total. The van der Waals surface area contributed by atoms with Gasteiger partial charge in [0.05, 0.1) is 16.8 Å². The minimum Gasteiger partial charge on any atom is -0.323 e. The van der Waals surface area contributed by atoms with Gasteiger partial charge in [-0.05, 0) is 37.0 Å². The molecule has 5 rings (SSSR count). The molecule has 7 heteroatoms. The van der Waals surface area contributed by atoms with Gasteiger partial charge in [-0.25, -0.2) is 19.7 Å². The van der Waals surface area contributed by atoms with Crippen molar-refractivity contribution >= 4 is 32.7 Å². The highest BCUT2D eigenvalue weighted by atomic mass is 32.1. The van der Waals surface area contributed by atoms with Gasteiger partial charge in [-0.15, -0.1) is 0 Å². The van der Waals surface area contributed by atoms with E-state index >= 15 is 0 Å². The van der Waals surface area contributed by atoms with E-state index in [0.717, 1.165) is 40.4 Å². The van der Waals surface area contributed by atoms with Gasteiger partial charge >= 0.3 is 6.03 Å². The predicted molar refractivity (Wildman–Crippen MR) is 110 cm³/mol. The maximum atomic E-state index is 13.3. The van der Waals surface area contributed by atoms with E-state index in [1.165, 1.54) is 31.2 Å². The Morgan fingerprint density at radius 3 is 2.68 bits per heavy atom. The SMILES string of the molecule is CCc1ccc2nc(N(Cc3cncnc3)C(=O)N3CC4(CCC4)C3)sc2c1. The number of urea groups is 1. The van der Waals surface area contributed by atoms with Crippen molar-refractivity contribution in [3.63, 3.8) is 0 Å². The molecule has 0 bridgehead atoms. The lowest BCUT2D eigenvalue weighted by atomic mass is 9.64. The second kappa shape index (κ2) is 6.81. The van der Waals surface area contributed by atoms with E-state index in [2.05, 4.69) is 35.1 Å². The molecule has 1 aliphatic carbocycles. The van der Waals surface area contributed by atoms with Crippen molar-refractivity contribution in [3.8, 4) is 0 Å². The number of thiazole rings is 1. The molecule has 1 aromatic carbocycles. The zero-order chi connectivity index (χ0) is 19.1. The lowest BCUT2D eigenvalue weighted by Crippen LogP contribution is -2.63. The largest absolute Gasteiger partial charge is 0.326 e. The maximum Gasteiger partial charge on any atom is 0.326 e. The third-order valence-electron chi connectivity index (χ3n) is 6.00. The van der Waals surface area contributed by atoms with Crippen molar-refractivity contribution in [2.75, 3.05) is 18.0 Å². The molecule has 3 aromatic rings. The summed E-state index contributed by atoms with van der Waals surface area (Å²) < 4.78 is 1.12. The van der Waals surface area contributed by atoms with Crippen molar-refractivity contribution in [1.82, 2.24) is 19.9 Å². The summed E-state index contributed by atoms with van der Waals surface area (Å²) in [7, 11) is 0. The molecule has 0 radical (unpaired) electrons. The van der Waals surface area contributed by atoms with Gasteiger partial charge < -0.3 is 4.90 Å². The predicted octanol–water partition coefficient (Wildman–Crippen LogP) is 4.26. The molecule has 2 aromatic heterocycles. The first-order valence-electron chi connectivity index (χ1n) is 9.86. The van der Waals surface area contributed by atoms with Crippen LogP contribution in [0.2, 0.25) is 0 Å². The van der Waals surface area contributed by atoms with Crippen molar-refractivity contribution in [2.24, 2.45) is 5.41 Å². The Balaban J connectivity index is 1.45. The number of carbonyl (C=O) groups is 1.